The summed E-state index contributed by atoms with van der Waals surface area (Å²) in [4.78, 5) is 0. The average molecular weight is 372 g/mol. The molecule has 1 fully saturated rings. The molecule has 0 spiro atoms. The Labute approximate surface area is 148 Å². The summed E-state index contributed by atoms with van der Waals surface area (Å²) < 4.78 is 33.9. The van der Waals surface area contributed by atoms with Crippen molar-refractivity contribution in [2.24, 2.45) is 5.92 Å². The SMILES string of the molecule is CC(C)(C)[Si](C)(C)OC(Cc1ccccc1)C1CC1.CS(=O)(=O)[O-]. The van der Waals surface area contributed by atoms with Crippen molar-refractivity contribution in [1.82, 2.24) is 0 Å². The van der Waals surface area contributed by atoms with Crippen LogP contribution in [0, 0.1) is 5.92 Å². The molecule has 0 bridgehead atoms. The van der Waals surface area contributed by atoms with Gasteiger partial charge in [-0.05, 0) is 48.9 Å². The summed E-state index contributed by atoms with van der Waals surface area (Å²) in [5.41, 5.74) is 1.41. The van der Waals surface area contributed by atoms with Crippen molar-refractivity contribution in [3.8, 4) is 0 Å². The maximum absolute atomic E-state index is 9.08. The third kappa shape index (κ3) is 8.42. The Morgan fingerprint density at radius 1 is 1.21 bits per heavy atom. The van der Waals surface area contributed by atoms with E-state index in [-0.39, 0.29) is 0 Å². The fourth-order valence-corrected chi connectivity index (χ4v) is 3.56. The van der Waals surface area contributed by atoms with Crippen LogP contribution in [0.2, 0.25) is 18.1 Å². The van der Waals surface area contributed by atoms with Crippen LogP contribution in [0.4, 0.5) is 0 Å². The Morgan fingerprint density at radius 3 is 2.04 bits per heavy atom. The Balaban J connectivity index is 0.000000505. The highest BCUT2D eigenvalue weighted by Crippen LogP contribution is 2.42. The molecule has 0 aromatic heterocycles. The molecule has 1 aliphatic rings. The minimum atomic E-state index is -3.92. The van der Waals surface area contributed by atoms with Crippen LogP contribution >= 0.6 is 0 Å². The second kappa shape index (κ2) is 8.12. The highest BCUT2D eigenvalue weighted by molar-refractivity contribution is 7.84. The first kappa shape index (κ1) is 21.3. The van der Waals surface area contributed by atoms with Crippen LogP contribution in [0.3, 0.4) is 0 Å². The van der Waals surface area contributed by atoms with Gasteiger partial charge in [-0.25, -0.2) is 8.42 Å². The molecule has 1 aromatic rings. The Kier molecular flexibility index (Phi) is 7.23. The van der Waals surface area contributed by atoms with E-state index >= 15 is 0 Å². The van der Waals surface area contributed by atoms with E-state index in [1.54, 1.807) is 0 Å². The van der Waals surface area contributed by atoms with E-state index in [1.807, 2.05) is 0 Å². The van der Waals surface area contributed by atoms with E-state index in [2.05, 4.69) is 64.2 Å². The summed E-state index contributed by atoms with van der Waals surface area (Å²) >= 11 is 0. The molecule has 0 saturated heterocycles. The van der Waals surface area contributed by atoms with Crippen LogP contribution < -0.4 is 0 Å². The Bertz CT molecular complexity index is 594. The maximum Gasteiger partial charge on any atom is 0.192 e. The van der Waals surface area contributed by atoms with Gasteiger partial charge >= 0.3 is 0 Å². The van der Waals surface area contributed by atoms with Crippen LogP contribution in [0.1, 0.15) is 39.2 Å². The third-order valence-electron chi connectivity index (χ3n) is 4.68. The molecule has 0 aliphatic heterocycles. The van der Waals surface area contributed by atoms with Gasteiger partial charge in [-0.3, -0.25) is 0 Å². The van der Waals surface area contributed by atoms with Crippen molar-refractivity contribution in [3.63, 3.8) is 0 Å². The zero-order chi connectivity index (χ0) is 18.6. The lowest BCUT2D eigenvalue weighted by Gasteiger charge is -2.39. The highest BCUT2D eigenvalue weighted by Gasteiger charge is 2.42. The highest BCUT2D eigenvalue weighted by atomic mass is 32.2. The number of hydrogen-bond donors (Lipinski definition) is 0. The maximum atomic E-state index is 9.08. The normalized spacial score (nSPS) is 17.0. The Hall–Kier alpha value is -0.693. The lowest BCUT2D eigenvalue weighted by atomic mass is 10.1. The molecule has 138 valence electrons. The standard InChI is InChI=1S/C17H28OSi.CH4O3S/c1-17(2,3)19(4,5)18-16(15-11-12-15)13-14-9-7-6-8-10-14;1-5(2,3)4/h6-10,15-16H,11-13H2,1-5H3;1H3,(H,2,3,4)/p-1. The molecule has 0 amide bonds. The predicted molar refractivity (Wildman–Crippen MR) is 101 cm³/mol. The van der Waals surface area contributed by atoms with Crippen molar-refractivity contribution < 1.29 is 17.4 Å². The largest absolute Gasteiger partial charge is 0.748 e. The second-order valence-corrected chi connectivity index (χ2v) is 14.3. The summed E-state index contributed by atoms with van der Waals surface area (Å²) in [5, 5.41) is 0.302. The van der Waals surface area contributed by atoms with Crippen molar-refractivity contribution in [1.29, 1.82) is 0 Å². The minimum Gasteiger partial charge on any atom is -0.748 e. The predicted octanol–water partition coefficient (Wildman–Crippen LogP) is 4.19. The van der Waals surface area contributed by atoms with Crippen LogP contribution in [-0.2, 0) is 21.0 Å². The number of benzene rings is 1. The van der Waals surface area contributed by atoms with Gasteiger partial charge in [0, 0.05) is 6.26 Å². The molecule has 2 rings (SSSR count). The zero-order valence-electron chi connectivity index (χ0n) is 15.7. The average Bonchev–Trinajstić information content (AvgIpc) is 3.19. The summed E-state index contributed by atoms with van der Waals surface area (Å²) in [6.07, 6.45) is 4.83. The quantitative estimate of drug-likeness (QED) is 0.575. The fraction of sp³-hybridized carbons (Fsp3) is 0.667. The van der Waals surface area contributed by atoms with Gasteiger partial charge in [-0.2, -0.15) is 0 Å². The fourth-order valence-electron chi connectivity index (χ4n) is 2.17. The summed E-state index contributed by atoms with van der Waals surface area (Å²) in [5.74, 6) is 0.800. The first-order chi connectivity index (χ1) is 10.8. The summed E-state index contributed by atoms with van der Waals surface area (Å²) in [7, 11) is -5.56. The lowest BCUT2D eigenvalue weighted by molar-refractivity contribution is 0.158. The molecular formula is C18H31O4SSi-. The van der Waals surface area contributed by atoms with Gasteiger partial charge in [0.1, 0.15) is 0 Å². The molecule has 1 aliphatic carbocycles. The van der Waals surface area contributed by atoms with E-state index in [9.17, 15) is 0 Å². The lowest BCUT2D eigenvalue weighted by Crippen LogP contribution is -2.45. The molecule has 1 saturated carbocycles. The molecule has 0 radical (unpaired) electrons. The monoisotopic (exact) mass is 371 g/mol. The van der Waals surface area contributed by atoms with Gasteiger partial charge in [0.05, 0.1) is 16.2 Å². The van der Waals surface area contributed by atoms with Gasteiger partial charge in [0.25, 0.3) is 0 Å². The van der Waals surface area contributed by atoms with Crippen LogP contribution in [-0.4, -0.2) is 33.6 Å². The minimum absolute atomic E-state index is 0.302. The van der Waals surface area contributed by atoms with E-state index < -0.39 is 18.4 Å². The molecule has 1 aromatic carbocycles. The molecule has 6 heteroatoms. The molecule has 0 N–H and O–H groups in total. The molecule has 0 heterocycles. The molecule has 1 unspecified atom stereocenters. The van der Waals surface area contributed by atoms with E-state index in [1.165, 1.54) is 18.4 Å². The summed E-state index contributed by atoms with van der Waals surface area (Å²) in [6, 6.07) is 10.8. The molecular weight excluding hydrogens is 340 g/mol. The summed E-state index contributed by atoms with van der Waals surface area (Å²) in [6.45, 7) is 11.7. The zero-order valence-corrected chi connectivity index (χ0v) is 17.5. The van der Waals surface area contributed by atoms with Gasteiger partial charge in [-0.1, -0.05) is 51.1 Å². The molecule has 1 atom stereocenters. The molecule has 4 nitrogen and oxygen atoms in total. The second-order valence-electron chi connectivity index (χ2n) is 8.15. The van der Waals surface area contributed by atoms with Gasteiger partial charge in [-0.15, -0.1) is 0 Å². The first-order valence-electron chi connectivity index (χ1n) is 8.42. The van der Waals surface area contributed by atoms with Gasteiger partial charge < -0.3 is 8.98 Å². The van der Waals surface area contributed by atoms with Crippen molar-refractivity contribution in [2.45, 2.75) is 64.3 Å². The van der Waals surface area contributed by atoms with E-state index in [4.69, 9.17) is 17.4 Å². The van der Waals surface area contributed by atoms with E-state index in [0.717, 1.165) is 12.3 Å². The van der Waals surface area contributed by atoms with Gasteiger partial charge in [0.2, 0.25) is 0 Å². The van der Waals surface area contributed by atoms with Gasteiger partial charge in [0.15, 0.2) is 8.32 Å². The van der Waals surface area contributed by atoms with Crippen molar-refractivity contribution >= 4 is 18.4 Å². The first-order valence-corrected chi connectivity index (χ1v) is 13.1. The number of rotatable bonds is 5. The topological polar surface area (TPSA) is 66.4 Å². The third-order valence-corrected chi connectivity index (χ3v) is 9.18. The van der Waals surface area contributed by atoms with Crippen LogP contribution in [0.5, 0.6) is 0 Å². The smallest absolute Gasteiger partial charge is 0.192 e. The van der Waals surface area contributed by atoms with Crippen molar-refractivity contribution in [2.75, 3.05) is 6.26 Å². The van der Waals surface area contributed by atoms with Crippen LogP contribution in [0.25, 0.3) is 0 Å². The van der Waals surface area contributed by atoms with Crippen LogP contribution in [0.15, 0.2) is 30.3 Å². The number of hydrogen-bond acceptors (Lipinski definition) is 4. The molecule has 24 heavy (non-hydrogen) atoms. The Morgan fingerprint density at radius 2 is 1.67 bits per heavy atom. The van der Waals surface area contributed by atoms with E-state index in [0.29, 0.717) is 17.4 Å². The van der Waals surface area contributed by atoms with Crippen molar-refractivity contribution in [3.05, 3.63) is 35.9 Å².